The third kappa shape index (κ3) is 2.47. The van der Waals surface area contributed by atoms with Crippen molar-refractivity contribution in [2.24, 2.45) is 0 Å². The van der Waals surface area contributed by atoms with E-state index in [0.29, 0.717) is 12.9 Å². The lowest BCUT2D eigenvalue weighted by molar-refractivity contribution is 0.107. The Balaban J connectivity index is 1.51. The van der Waals surface area contributed by atoms with Crippen molar-refractivity contribution in [2.75, 3.05) is 25.3 Å². The van der Waals surface area contributed by atoms with E-state index in [1.807, 2.05) is 18.2 Å². The van der Waals surface area contributed by atoms with Crippen LogP contribution >= 0.6 is 0 Å². The topological polar surface area (TPSA) is 39.7 Å². The summed E-state index contributed by atoms with van der Waals surface area (Å²) in [6, 6.07) is 5.94. The molecule has 1 atom stereocenters. The van der Waals surface area contributed by atoms with E-state index < -0.39 is 0 Å². The molecular weight excluding hydrogens is 218 g/mol. The summed E-state index contributed by atoms with van der Waals surface area (Å²) < 4.78 is 16.2. The van der Waals surface area contributed by atoms with E-state index in [2.05, 4.69) is 5.32 Å². The van der Waals surface area contributed by atoms with Crippen LogP contribution < -0.4 is 14.8 Å². The van der Waals surface area contributed by atoms with Crippen LogP contribution in [-0.4, -0.2) is 26.0 Å². The van der Waals surface area contributed by atoms with Gasteiger partial charge in [-0.25, -0.2) is 0 Å². The molecule has 0 spiro atoms. The monoisotopic (exact) mass is 235 g/mol. The lowest BCUT2D eigenvalue weighted by Crippen LogP contribution is -2.12. The van der Waals surface area contributed by atoms with Gasteiger partial charge in [-0.15, -0.1) is 0 Å². The summed E-state index contributed by atoms with van der Waals surface area (Å²) in [6.45, 7) is 2.19. The molecule has 3 rings (SSSR count). The van der Waals surface area contributed by atoms with E-state index >= 15 is 0 Å². The summed E-state index contributed by atoms with van der Waals surface area (Å²) in [6.07, 6.45) is 3.91. The van der Waals surface area contributed by atoms with Gasteiger partial charge in [-0.05, 0) is 31.4 Å². The van der Waals surface area contributed by atoms with Crippen LogP contribution in [0.4, 0.5) is 5.69 Å². The average molecular weight is 235 g/mol. The van der Waals surface area contributed by atoms with Gasteiger partial charge in [0.15, 0.2) is 11.5 Å². The van der Waals surface area contributed by atoms with Gasteiger partial charge in [-0.1, -0.05) is 0 Å². The minimum Gasteiger partial charge on any atom is -0.454 e. The van der Waals surface area contributed by atoms with Crippen molar-refractivity contribution in [3.63, 3.8) is 0 Å². The van der Waals surface area contributed by atoms with Gasteiger partial charge in [-0.2, -0.15) is 0 Å². The van der Waals surface area contributed by atoms with Gasteiger partial charge in [0.25, 0.3) is 0 Å². The first kappa shape index (κ1) is 10.7. The molecule has 0 aliphatic carbocycles. The molecule has 17 heavy (non-hydrogen) atoms. The molecule has 2 aliphatic heterocycles. The molecule has 1 aromatic rings. The third-order valence-electron chi connectivity index (χ3n) is 3.19. The molecule has 0 bridgehead atoms. The standard InChI is InChI=1S/C13H17NO3/c1-2-11(15-7-1)5-6-14-10-3-4-12-13(8-10)17-9-16-12/h3-4,8,11,14H,1-2,5-7,9H2. The van der Waals surface area contributed by atoms with E-state index in [0.717, 1.165) is 36.8 Å². The number of ether oxygens (including phenoxy) is 3. The van der Waals surface area contributed by atoms with E-state index in [-0.39, 0.29) is 0 Å². The number of anilines is 1. The summed E-state index contributed by atoms with van der Waals surface area (Å²) in [5.41, 5.74) is 1.08. The van der Waals surface area contributed by atoms with Gasteiger partial charge in [0, 0.05) is 24.9 Å². The van der Waals surface area contributed by atoms with Gasteiger partial charge in [0.2, 0.25) is 6.79 Å². The zero-order chi connectivity index (χ0) is 11.5. The fraction of sp³-hybridized carbons (Fsp3) is 0.538. The minimum atomic E-state index is 0.328. The molecule has 1 fully saturated rings. The predicted octanol–water partition coefficient (Wildman–Crippen LogP) is 2.40. The fourth-order valence-corrected chi connectivity index (χ4v) is 2.26. The van der Waals surface area contributed by atoms with E-state index in [9.17, 15) is 0 Å². The molecule has 2 aliphatic rings. The maximum absolute atomic E-state index is 5.58. The van der Waals surface area contributed by atoms with Crippen LogP contribution in [0.5, 0.6) is 11.5 Å². The maximum Gasteiger partial charge on any atom is 0.231 e. The summed E-state index contributed by atoms with van der Waals surface area (Å²) in [5, 5.41) is 3.39. The highest BCUT2D eigenvalue weighted by Gasteiger charge is 2.15. The quantitative estimate of drug-likeness (QED) is 0.869. The Hall–Kier alpha value is -1.42. The third-order valence-corrected chi connectivity index (χ3v) is 3.19. The average Bonchev–Trinajstić information content (AvgIpc) is 2.98. The van der Waals surface area contributed by atoms with Crippen LogP contribution in [0.3, 0.4) is 0 Å². The molecule has 0 aromatic heterocycles. The van der Waals surface area contributed by atoms with Gasteiger partial charge in [-0.3, -0.25) is 0 Å². The first-order valence-corrected chi connectivity index (χ1v) is 6.17. The van der Waals surface area contributed by atoms with Crippen LogP contribution in [0.1, 0.15) is 19.3 Å². The number of fused-ring (bicyclic) bond motifs is 1. The highest BCUT2D eigenvalue weighted by atomic mass is 16.7. The number of nitrogens with one attached hydrogen (secondary N) is 1. The van der Waals surface area contributed by atoms with Crippen molar-refractivity contribution in [1.82, 2.24) is 0 Å². The summed E-state index contributed by atoms with van der Waals surface area (Å²) in [7, 11) is 0. The first-order valence-electron chi connectivity index (χ1n) is 6.17. The normalized spacial score (nSPS) is 21.8. The Kier molecular flexibility index (Phi) is 3.05. The molecule has 0 radical (unpaired) electrons. The van der Waals surface area contributed by atoms with Crippen molar-refractivity contribution in [3.8, 4) is 11.5 Å². The Morgan fingerprint density at radius 3 is 3.06 bits per heavy atom. The molecule has 0 saturated carbocycles. The van der Waals surface area contributed by atoms with Crippen LogP contribution in [0.25, 0.3) is 0 Å². The molecule has 1 aromatic carbocycles. The highest BCUT2D eigenvalue weighted by molar-refractivity contribution is 5.55. The van der Waals surface area contributed by atoms with Gasteiger partial charge in [0.05, 0.1) is 6.10 Å². The second-order valence-electron chi connectivity index (χ2n) is 4.42. The molecule has 4 nitrogen and oxygen atoms in total. The number of hydrogen-bond acceptors (Lipinski definition) is 4. The largest absolute Gasteiger partial charge is 0.454 e. The van der Waals surface area contributed by atoms with Gasteiger partial charge in [0.1, 0.15) is 0 Å². The van der Waals surface area contributed by atoms with Crippen LogP contribution in [0.15, 0.2) is 18.2 Å². The number of rotatable bonds is 4. The molecule has 0 amide bonds. The van der Waals surface area contributed by atoms with Crippen LogP contribution in [0, 0.1) is 0 Å². The van der Waals surface area contributed by atoms with Crippen molar-refractivity contribution in [3.05, 3.63) is 18.2 Å². The number of hydrogen-bond donors (Lipinski definition) is 1. The van der Waals surface area contributed by atoms with E-state index in [4.69, 9.17) is 14.2 Å². The fourth-order valence-electron chi connectivity index (χ4n) is 2.26. The van der Waals surface area contributed by atoms with E-state index in [1.54, 1.807) is 0 Å². The Bertz CT molecular complexity index is 388. The van der Waals surface area contributed by atoms with Crippen molar-refractivity contribution in [1.29, 1.82) is 0 Å². The molecular formula is C13H17NO3. The molecule has 4 heteroatoms. The molecule has 2 heterocycles. The smallest absolute Gasteiger partial charge is 0.231 e. The second-order valence-corrected chi connectivity index (χ2v) is 4.42. The Morgan fingerprint density at radius 1 is 1.24 bits per heavy atom. The van der Waals surface area contributed by atoms with E-state index in [1.165, 1.54) is 12.8 Å². The second kappa shape index (κ2) is 4.84. The zero-order valence-corrected chi connectivity index (χ0v) is 9.78. The van der Waals surface area contributed by atoms with Crippen molar-refractivity contribution >= 4 is 5.69 Å². The molecule has 92 valence electrons. The maximum atomic E-state index is 5.58. The SMILES string of the molecule is c1cc2c(cc1NCCC1CCCO1)OCO2. The van der Waals surface area contributed by atoms with Crippen LogP contribution in [-0.2, 0) is 4.74 Å². The predicted molar refractivity (Wildman–Crippen MR) is 64.6 cm³/mol. The zero-order valence-electron chi connectivity index (χ0n) is 9.78. The summed E-state index contributed by atoms with van der Waals surface area (Å²) >= 11 is 0. The lowest BCUT2D eigenvalue weighted by Gasteiger charge is -2.11. The van der Waals surface area contributed by atoms with Crippen LogP contribution in [0.2, 0.25) is 0 Å². The summed E-state index contributed by atoms with van der Waals surface area (Å²) in [5.74, 6) is 1.65. The lowest BCUT2D eigenvalue weighted by atomic mass is 10.2. The molecule has 1 saturated heterocycles. The molecule has 1 N–H and O–H groups in total. The highest BCUT2D eigenvalue weighted by Crippen LogP contribution is 2.34. The summed E-state index contributed by atoms with van der Waals surface area (Å²) in [4.78, 5) is 0. The van der Waals surface area contributed by atoms with Crippen molar-refractivity contribution < 1.29 is 14.2 Å². The Morgan fingerprint density at radius 2 is 2.18 bits per heavy atom. The minimum absolute atomic E-state index is 0.328. The first-order chi connectivity index (χ1) is 8.42. The van der Waals surface area contributed by atoms with Gasteiger partial charge < -0.3 is 19.5 Å². The van der Waals surface area contributed by atoms with Gasteiger partial charge >= 0.3 is 0 Å². The van der Waals surface area contributed by atoms with Crippen molar-refractivity contribution in [2.45, 2.75) is 25.4 Å². The number of benzene rings is 1. The molecule has 1 unspecified atom stereocenters. The Labute approximate surface area is 101 Å².